The molecule has 92 valence electrons. The normalized spacial score (nSPS) is 37.0. The van der Waals surface area contributed by atoms with E-state index in [1.807, 2.05) is 0 Å². The molecule has 0 aromatic heterocycles. The second kappa shape index (κ2) is 4.52. The zero-order valence-corrected chi connectivity index (χ0v) is 11.3. The van der Waals surface area contributed by atoms with Crippen LogP contribution in [0.25, 0.3) is 0 Å². The monoisotopic (exact) mass is 221 g/mol. The molecule has 0 radical (unpaired) electrons. The van der Waals surface area contributed by atoms with Crippen LogP contribution in [-0.4, -0.2) is 13.1 Å². The van der Waals surface area contributed by atoms with Crippen LogP contribution in [0.3, 0.4) is 0 Å². The highest BCUT2D eigenvalue weighted by Gasteiger charge is 2.44. The van der Waals surface area contributed by atoms with Crippen molar-refractivity contribution in [1.82, 2.24) is 5.32 Å². The molecule has 1 fully saturated rings. The zero-order chi connectivity index (χ0) is 11.8. The number of nitrogens with one attached hydrogen (secondary N) is 1. The molecule has 1 heteroatoms. The molecule has 0 spiro atoms. The largest absolute Gasteiger partial charge is 0.316 e. The standard InChI is InChI=1S/C15H27N/c1-11-5-12(2)7-13(6-11)9-16-10-14-8-15(14,3)4/h5,11,13-14,16H,6-10H2,1-4H3. The Balaban J connectivity index is 1.66. The maximum Gasteiger partial charge on any atom is -0.00151 e. The van der Waals surface area contributed by atoms with Crippen LogP contribution in [0.2, 0.25) is 0 Å². The summed E-state index contributed by atoms with van der Waals surface area (Å²) < 4.78 is 0. The van der Waals surface area contributed by atoms with E-state index in [0.29, 0.717) is 5.41 Å². The average molecular weight is 221 g/mol. The van der Waals surface area contributed by atoms with Crippen molar-refractivity contribution in [2.75, 3.05) is 13.1 Å². The average Bonchev–Trinajstić information content (AvgIpc) is 2.72. The summed E-state index contributed by atoms with van der Waals surface area (Å²) in [6.45, 7) is 11.9. The maximum atomic E-state index is 3.69. The van der Waals surface area contributed by atoms with Gasteiger partial charge in [0.15, 0.2) is 0 Å². The van der Waals surface area contributed by atoms with Crippen molar-refractivity contribution in [2.24, 2.45) is 23.2 Å². The lowest BCUT2D eigenvalue weighted by molar-refractivity contribution is 0.374. The first-order valence-corrected chi connectivity index (χ1v) is 6.85. The molecule has 3 atom stereocenters. The molecular formula is C15H27N. The fourth-order valence-electron chi connectivity index (χ4n) is 3.23. The summed E-state index contributed by atoms with van der Waals surface area (Å²) in [5, 5.41) is 3.69. The van der Waals surface area contributed by atoms with Gasteiger partial charge in [0.05, 0.1) is 0 Å². The van der Waals surface area contributed by atoms with Gasteiger partial charge in [0, 0.05) is 0 Å². The van der Waals surface area contributed by atoms with E-state index >= 15 is 0 Å². The van der Waals surface area contributed by atoms with E-state index in [2.05, 4.69) is 39.1 Å². The first kappa shape index (κ1) is 12.2. The van der Waals surface area contributed by atoms with E-state index in [9.17, 15) is 0 Å². The van der Waals surface area contributed by atoms with Gasteiger partial charge in [-0.25, -0.2) is 0 Å². The Bertz CT molecular complexity index is 277. The fraction of sp³-hybridized carbons (Fsp3) is 0.867. The highest BCUT2D eigenvalue weighted by molar-refractivity contribution is 5.06. The van der Waals surface area contributed by atoms with Gasteiger partial charge < -0.3 is 5.32 Å². The van der Waals surface area contributed by atoms with Crippen molar-refractivity contribution in [3.63, 3.8) is 0 Å². The molecule has 0 amide bonds. The summed E-state index contributed by atoms with van der Waals surface area (Å²) in [5.41, 5.74) is 2.22. The first-order chi connectivity index (χ1) is 7.47. The Hall–Kier alpha value is -0.300. The summed E-state index contributed by atoms with van der Waals surface area (Å²) >= 11 is 0. The molecule has 16 heavy (non-hydrogen) atoms. The third-order valence-electron chi connectivity index (χ3n) is 4.43. The van der Waals surface area contributed by atoms with Gasteiger partial charge >= 0.3 is 0 Å². The second-order valence-corrected chi connectivity index (χ2v) is 6.84. The minimum Gasteiger partial charge on any atom is -0.316 e. The predicted molar refractivity (Wildman–Crippen MR) is 70.4 cm³/mol. The molecular weight excluding hydrogens is 194 g/mol. The molecule has 0 aliphatic heterocycles. The molecule has 3 unspecified atom stereocenters. The predicted octanol–water partition coefficient (Wildman–Crippen LogP) is 3.61. The first-order valence-electron chi connectivity index (χ1n) is 6.85. The summed E-state index contributed by atoms with van der Waals surface area (Å²) in [5.74, 6) is 2.60. The molecule has 1 nitrogen and oxygen atoms in total. The van der Waals surface area contributed by atoms with Gasteiger partial charge in [-0.15, -0.1) is 0 Å². The second-order valence-electron chi connectivity index (χ2n) is 6.84. The van der Waals surface area contributed by atoms with E-state index in [4.69, 9.17) is 0 Å². The van der Waals surface area contributed by atoms with E-state index in [0.717, 1.165) is 17.8 Å². The van der Waals surface area contributed by atoms with Gasteiger partial charge in [-0.05, 0) is 62.4 Å². The van der Waals surface area contributed by atoms with Crippen LogP contribution >= 0.6 is 0 Å². The van der Waals surface area contributed by atoms with E-state index < -0.39 is 0 Å². The van der Waals surface area contributed by atoms with Gasteiger partial charge in [-0.2, -0.15) is 0 Å². The minimum absolute atomic E-state index is 0.628. The summed E-state index contributed by atoms with van der Waals surface area (Å²) in [7, 11) is 0. The molecule has 2 aliphatic rings. The fourth-order valence-corrected chi connectivity index (χ4v) is 3.23. The van der Waals surface area contributed by atoms with Crippen molar-refractivity contribution in [3.05, 3.63) is 11.6 Å². The van der Waals surface area contributed by atoms with Crippen molar-refractivity contribution >= 4 is 0 Å². The van der Waals surface area contributed by atoms with Gasteiger partial charge in [-0.1, -0.05) is 32.4 Å². The van der Waals surface area contributed by atoms with Crippen molar-refractivity contribution in [3.8, 4) is 0 Å². The molecule has 1 N–H and O–H groups in total. The maximum absolute atomic E-state index is 3.69. The number of hydrogen-bond donors (Lipinski definition) is 1. The van der Waals surface area contributed by atoms with Crippen LogP contribution in [0.1, 0.15) is 47.0 Å². The third-order valence-corrected chi connectivity index (χ3v) is 4.43. The lowest BCUT2D eigenvalue weighted by atomic mass is 9.84. The van der Waals surface area contributed by atoms with E-state index in [1.54, 1.807) is 5.57 Å². The zero-order valence-electron chi connectivity index (χ0n) is 11.3. The molecule has 2 rings (SSSR count). The number of rotatable bonds is 4. The van der Waals surface area contributed by atoms with E-state index in [1.165, 1.54) is 32.4 Å². The summed E-state index contributed by atoms with van der Waals surface area (Å²) in [6.07, 6.45) is 6.55. The smallest absolute Gasteiger partial charge is 0.00151 e. The van der Waals surface area contributed by atoms with E-state index in [-0.39, 0.29) is 0 Å². The molecule has 0 aromatic carbocycles. The summed E-state index contributed by atoms with van der Waals surface area (Å²) in [4.78, 5) is 0. The topological polar surface area (TPSA) is 12.0 Å². The highest BCUT2D eigenvalue weighted by Crippen LogP contribution is 2.51. The molecule has 0 heterocycles. The van der Waals surface area contributed by atoms with Crippen LogP contribution in [0.4, 0.5) is 0 Å². The Labute approximate surface area is 101 Å². The molecule has 0 aromatic rings. The number of allylic oxidation sites excluding steroid dienone is 2. The Morgan fingerprint density at radius 1 is 1.38 bits per heavy atom. The lowest BCUT2D eigenvalue weighted by Gasteiger charge is -2.25. The van der Waals surface area contributed by atoms with Crippen molar-refractivity contribution in [2.45, 2.75) is 47.0 Å². The molecule has 2 aliphatic carbocycles. The van der Waals surface area contributed by atoms with Crippen molar-refractivity contribution in [1.29, 1.82) is 0 Å². The van der Waals surface area contributed by atoms with Gasteiger partial charge in [-0.3, -0.25) is 0 Å². The van der Waals surface area contributed by atoms with Gasteiger partial charge in [0.1, 0.15) is 0 Å². The summed E-state index contributed by atoms with van der Waals surface area (Å²) in [6, 6.07) is 0. The number of hydrogen-bond acceptors (Lipinski definition) is 1. The van der Waals surface area contributed by atoms with Gasteiger partial charge in [0.2, 0.25) is 0 Å². The SMILES string of the molecule is CC1=CC(C)CC(CNCC2CC2(C)C)C1. The molecule has 0 saturated heterocycles. The van der Waals surface area contributed by atoms with Gasteiger partial charge in [0.25, 0.3) is 0 Å². The Morgan fingerprint density at radius 2 is 2.06 bits per heavy atom. The van der Waals surface area contributed by atoms with Crippen LogP contribution in [0.5, 0.6) is 0 Å². The quantitative estimate of drug-likeness (QED) is 0.715. The molecule has 0 bridgehead atoms. The third kappa shape index (κ3) is 3.10. The lowest BCUT2D eigenvalue weighted by Crippen LogP contribution is -2.28. The highest BCUT2D eigenvalue weighted by atomic mass is 14.9. The Kier molecular flexibility index (Phi) is 3.44. The van der Waals surface area contributed by atoms with Crippen molar-refractivity contribution < 1.29 is 0 Å². The van der Waals surface area contributed by atoms with Crippen LogP contribution in [-0.2, 0) is 0 Å². The minimum atomic E-state index is 0.628. The van der Waals surface area contributed by atoms with Crippen LogP contribution in [0, 0.1) is 23.2 Å². The van der Waals surface area contributed by atoms with Crippen LogP contribution in [0.15, 0.2) is 11.6 Å². The Morgan fingerprint density at radius 3 is 2.62 bits per heavy atom. The van der Waals surface area contributed by atoms with Crippen LogP contribution < -0.4 is 5.32 Å². The molecule has 1 saturated carbocycles.